The van der Waals surface area contributed by atoms with Gasteiger partial charge in [-0.05, 0) is 23.3 Å². The number of fused-ring (bicyclic) bond motifs is 1. The Morgan fingerprint density at radius 1 is 1.27 bits per heavy atom. The summed E-state index contributed by atoms with van der Waals surface area (Å²) in [6.45, 7) is 1.60. The number of benzene rings is 2. The molecule has 0 atom stereocenters. The Hall–Kier alpha value is -1.28. The van der Waals surface area contributed by atoms with Crippen LogP contribution in [0.25, 0.3) is 10.8 Å². The predicted octanol–water partition coefficient (Wildman–Crippen LogP) is 3.47. The van der Waals surface area contributed by atoms with Gasteiger partial charge in [-0.25, -0.2) is 0 Å². The van der Waals surface area contributed by atoms with Gasteiger partial charge in [-0.3, -0.25) is 4.79 Å². The van der Waals surface area contributed by atoms with Crippen LogP contribution in [0.4, 0.5) is 0 Å². The minimum absolute atomic E-state index is 0.110. The van der Waals surface area contributed by atoms with E-state index >= 15 is 0 Å². The maximum Gasteiger partial charge on any atom is 0.160 e. The van der Waals surface area contributed by atoms with Gasteiger partial charge in [0.25, 0.3) is 0 Å². The minimum atomic E-state index is 0.110. The van der Waals surface area contributed by atoms with Gasteiger partial charge in [0, 0.05) is 11.3 Å². The van der Waals surface area contributed by atoms with Gasteiger partial charge in [-0.15, -0.1) is 0 Å². The highest BCUT2D eigenvalue weighted by atomic mass is 32.1. The monoisotopic (exact) mass is 216 g/mol. The van der Waals surface area contributed by atoms with Crippen LogP contribution in [0.1, 0.15) is 22.8 Å². The first-order valence-electron chi connectivity index (χ1n) is 4.86. The number of ketones is 1. The number of hydrogen-bond donors (Lipinski definition) is 1. The summed E-state index contributed by atoms with van der Waals surface area (Å²) in [5, 5.41) is 2.13. The zero-order chi connectivity index (χ0) is 10.8. The summed E-state index contributed by atoms with van der Waals surface area (Å²) in [4.78, 5) is 11.4. The molecule has 0 amide bonds. The van der Waals surface area contributed by atoms with Crippen LogP contribution in [0, 0.1) is 0 Å². The largest absolute Gasteiger partial charge is 0.294 e. The van der Waals surface area contributed by atoms with Crippen LogP contribution in [-0.4, -0.2) is 5.78 Å². The van der Waals surface area contributed by atoms with Crippen molar-refractivity contribution in [1.29, 1.82) is 0 Å². The number of rotatable bonds is 2. The Balaban J connectivity index is 2.72. The van der Waals surface area contributed by atoms with E-state index in [1.165, 1.54) is 5.56 Å². The lowest BCUT2D eigenvalue weighted by Gasteiger charge is -2.04. The number of Topliss-reactive ketones (excluding diaryl/α,β-unsaturated/α-hetero) is 1. The van der Waals surface area contributed by atoms with E-state index in [4.69, 9.17) is 0 Å². The molecule has 76 valence electrons. The van der Waals surface area contributed by atoms with Crippen LogP contribution >= 0.6 is 12.6 Å². The molecular weight excluding hydrogens is 204 g/mol. The second-order valence-electron chi connectivity index (χ2n) is 3.58. The molecule has 0 aromatic heterocycles. The Labute approximate surface area is 94.5 Å². The maximum absolute atomic E-state index is 11.4. The van der Waals surface area contributed by atoms with Crippen molar-refractivity contribution in [2.24, 2.45) is 0 Å². The first-order chi connectivity index (χ1) is 7.22. The summed E-state index contributed by atoms with van der Waals surface area (Å²) in [6, 6.07) is 11.9. The fourth-order valence-corrected chi connectivity index (χ4v) is 1.94. The number of carbonyl (C=O) groups is 1. The van der Waals surface area contributed by atoms with Gasteiger partial charge < -0.3 is 0 Å². The molecule has 0 aliphatic rings. The van der Waals surface area contributed by atoms with Gasteiger partial charge >= 0.3 is 0 Å². The van der Waals surface area contributed by atoms with E-state index in [2.05, 4.69) is 18.7 Å². The molecule has 2 rings (SSSR count). The van der Waals surface area contributed by atoms with Gasteiger partial charge in [-0.1, -0.05) is 36.4 Å². The highest BCUT2D eigenvalue weighted by molar-refractivity contribution is 7.79. The smallest absolute Gasteiger partial charge is 0.160 e. The lowest BCUT2D eigenvalue weighted by atomic mass is 10.0. The van der Waals surface area contributed by atoms with Crippen molar-refractivity contribution in [1.82, 2.24) is 0 Å². The standard InChI is InChI=1S/C13H12OS/c1-9(14)12-4-2-3-11-7-10(8-15)5-6-13(11)12/h2-7,15H,8H2,1H3. The Morgan fingerprint density at radius 2 is 2.07 bits per heavy atom. The van der Waals surface area contributed by atoms with Crippen LogP contribution in [0.2, 0.25) is 0 Å². The average molecular weight is 216 g/mol. The molecule has 0 aliphatic heterocycles. The molecule has 0 saturated heterocycles. The van der Waals surface area contributed by atoms with E-state index in [-0.39, 0.29) is 5.78 Å². The third-order valence-electron chi connectivity index (χ3n) is 2.51. The third-order valence-corrected chi connectivity index (χ3v) is 2.87. The van der Waals surface area contributed by atoms with E-state index in [0.717, 1.165) is 22.1 Å². The van der Waals surface area contributed by atoms with E-state index in [1.807, 2.05) is 30.3 Å². The quantitative estimate of drug-likeness (QED) is 0.601. The molecule has 0 spiro atoms. The molecular formula is C13H12OS. The molecule has 0 fully saturated rings. The molecule has 0 heterocycles. The first kappa shape index (κ1) is 10.2. The topological polar surface area (TPSA) is 17.1 Å². The van der Waals surface area contributed by atoms with Crippen LogP contribution in [0.15, 0.2) is 36.4 Å². The zero-order valence-electron chi connectivity index (χ0n) is 8.53. The van der Waals surface area contributed by atoms with Gasteiger partial charge in [0.05, 0.1) is 0 Å². The van der Waals surface area contributed by atoms with Crippen molar-refractivity contribution >= 4 is 29.2 Å². The van der Waals surface area contributed by atoms with Crippen LogP contribution in [0.5, 0.6) is 0 Å². The van der Waals surface area contributed by atoms with Crippen LogP contribution in [-0.2, 0) is 5.75 Å². The van der Waals surface area contributed by atoms with E-state index in [0.29, 0.717) is 0 Å². The fraction of sp³-hybridized carbons (Fsp3) is 0.154. The van der Waals surface area contributed by atoms with E-state index in [9.17, 15) is 4.79 Å². The lowest BCUT2D eigenvalue weighted by Crippen LogP contribution is -1.93. The molecule has 15 heavy (non-hydrogen) atoms. The first-order valence-corrected chi connectivity index (χ1v) is 5.49. The third kappa shape index (κ3) is 1.90. The average Bonchev–Trinajstić information content (AvgIpc) is 2.27. The highest BCUT2D eigenvalue weighted by Gasteiger charge is 2.04. The van der Waals surface area contributed by atoms with Gasteiger partial charge in [0.15, 0.2) is 5.78 Å². The van der Waals surface area contributed by atoms with E-state index in [1.54, 1.807) is 6.92 Å². The zero-order valence-corrected chi connectivity index (χ0v) is 9.42. The van der Waals surface area contributed by atoms with Crippen LogP contribution in [0.3, 0.4) is 0 Å². The van der Waals surface area contributed by atoms with Crippen molar-refractivity contribution in [3.63, 3.8) is 0 Å². The molecule has 2 aromatic carbocycles. The summed E-state index contributed by atoms with van der Waals surface area (Å²) in [5.41, 5.74) is 1.96. The summed E-state index contributed by atoms with van der Waals surface area (Å²) < 4.78 is 0. The second-order valence-corrected chi connectivity index (χ2v) is 3.89. The summed E-state index contributed by atoms with van der Waals surface area (Å²) >= 11 is 4.24. The molecule has 0 aliphatic carbocycles. The number of carbonyl (C=O) groups excluding carboxylic acids is 1. The fourth-order valence-electron chi connectivity index (χ4n) is 1.74. The molecule has 2 aromatic rings. The van der Waals surface area contributed by atoms with Crippen molar-refractivity contribution in [3.8, 4) is 0 Å². The molecule has 0 saturated carbocycles. The van der Waals surface area contributed by atoms with Crippen molar-refractivity contribution in [2.75, 3.05) is 0 Å². The Bertz CT molecular complexity index is 517. The van der Waals surface area contributed by atoms with Crippen molar-refractivity contribution < 1.29 is 4.79 Å². The van der Waals surface area contributed by atoms with Crippen molar-refractivity contribution in [2.45, 2.75) is 12.7 Å². The number of hydrogen-bond acceptors (Lipinski definition) is 2. The van der Waals surface area contributed by atoms with Gasteiger partial charge in [-0.2, -0.15) is 12.6 Å². The summed E-state index contributed by atoms with van der Waals surface area (Å²) in [7, 11) is 0. The molecule has 2 heteroatoms. The lowest BCUT2D eigenvalue weighted by molar-refractivity contribution is 0.101. The van der Waals surface area contributed by atoms with Crippen LogP contribution < -0.4 is 0 Å². The van der Waals surface area contributed by atoms with E-state index < -0.39 is 0 Å². The Morgan fingerprint density at radius 3 is 2.73 bits per heavy atom. The SMILES string of the molecule is CC(=O)c1cccc2cc(CS)ccc12. The normalized spacial score (nSPS) is 10.5. The van der Waals surface area contributed by atoms with Crippen molar-refractivity contribution in [3.05, 3.63) is 47.5 Å². The molecule has 0 N–H and O–H groups in total. The number of thiol groups is 1. The van der Waals surface area contributed by atoms with Gasteiger partial charge in [0.1, 0.15) is 0 Å². The molecule has 0 radical (unpaired) electrons. The maximum atomic E-state index is 11.4. The molecule has 1 nitrogen and oxygen atoms in total. The predicted molar refractivity (Wildman–Crippen MR) is 66.6 cm³/mol. The Kier molecular flexibility index (Phi) is 2.78. The minimum Gasteiger partial charge on any atom is -0.294 e. The summed E-state index contributed by atoms with van der Waals surface area (Å²) in [6.07, 6.45) is 0. The molecule has 0 bridgehead atoms. The highest BCUT2D eigenvalue weighted by Crippen LogP contribution is 2.21. The second kappa shape index (κ2) is 4.07. The molecule has 0 unspecified atom stereocenters. The van der Waals surface area contributed by atoms with Gasteiger partial charge in [0.2, 0.25) is 0 Å². The summed E-state index contributed by atoms with van der Waals surface area (Å²) in [5.74, 6) is 0.833.